The monoisotopic (exact) mass is 490 g/mol. The van der Waals surface area contributed by atoms with Crippen LogP contribution in [0.4, 0.5) is 5.69 Å². The Bertz CT molecular complexity index is 1320. The highest BCUT2D eigenvalue weighted by Crippen LogP contribution is 2.46. The Kier molecular flexibility index (Phi) is 6.05. The zero-order chi connectivity index (χ0) is 25.4. The van der Waals surface area contributed by atoms with Gasteiger partial charge in [0.25, 0.3) is 5.91 Å². The van der Waals surface area contributed by atoms with Gasteiger partial charge in [0.2, 0.25) is 12.7 Å². The molecule has 2 atom stereocenters. The lowest BCUT2D eigenvalue weighted by Gasteiger charge is -2.40. The largest absolute Gasteiger partial charge is 0.497 e. The summed E-state index contributed by atoms with van der Waals surface area (Å²) in [4.78, 5) is 29.0. The Labute approximate surface area is 208 Å². The van der Waals surface area contributed by atoms with Crippen molar-refractivity contribution in [3.05, 3.63) is 71.3 Å². The van der Waals surface area contributed by atoms with E-state index in [4.69, 9.17) is 23.7 Å². The second kappa shape index (κ2) is 9.33. The normalized spacial score (nSPS) is 17.9. The molecule has 0 aromatic heterocycles. The number of nitrogens with zero attached hydrogens (tertiary/aromatic N) is 1. The molecule has 0 bridgehead atoms. The Balaban J connectivity index is 1.61. The van der Waals surface area contributed by atoms with E-state index in [-0.39, 0.29) is 18.6 Å². The van der Waals surface area contributed by atoms with Crippen LogP contribution in [-0.2, 0) is 4.79 Å². The smallest absolute Gasteiger partial charge is 0.254 e. The molecule has 0 saturated carbocycles. The van der Waals surface area contributed by atoms with Crippen LogP contribution in [0, 0.1) is 0 Å². The van der Waals surface area contributed by atoms with E-state index in [0.29, 0.717) is 45.6 Å². The molecule has 1 N–H and O–H groups in total. The van der Waals surface area contributed by atoms with Crippen LogP contribution in [0.5, 0.6) is 28.7 Å². The van der Waals surface area contributed by atoms with Crippen molar-refractivity contribution in [1.82, 2.24) is 4.90 Å². The number of amides is 2. The number of fused-ring (bicyclic) bond motifs is 2. The summed E-state index contributed by atoms with van der Waals surface area (Å²) in [6.07, 6.45) is 0. The average Bonchev–Trinajstić information content (AvgIpc) is 3.37. The van der Waals surface area contributed by atoms with Gasteiger partial charge in [-0.15, -0.1) is 0 Å². The van der Waals surface area contributed by atoms with Crippen LogP contribution in [0.2, 0.25) is 0 Å². The predicted molar refractivity (Wildman–Crippen MR) is 131 cm³/mol. The molecule has 0 saturated heterocycles. The zero-order valence-electron chi connectivity index (χ0n) is 20.4. The first-order valence-corrected chi connectivity index (χ1v) is 11.3. The quantitative estimate of drug-likeness (QED) is 0.558. The van der Waals surface area contributed by atoms with Crippen LogP contribution in [0.15, 0.2) is 54.6 Å². The van der Waals surface area contributed by atoms with E-state index in [0.717, 1.165) is 5.56 Å². The number of hydrogen-bond donors (Lipinski definition) is 1. The molecule has 2 aliphatic heterocycles. The molecule has 0 fully saturated rings. The van der Waals surface area contributed by atoms with Crippen molar-refractivity contribution < 1.29 is 33.3 Å². The third-order valence-corrected chi connectivity index (χ3v) is 6.55. The number of hydrogen-bond acceptors (Lipinski definition) is 7. The van der Waals surface area contributed by atoms with E-state index in [1.54, 1.807) is 49.4 Å². The van der Waals surface area contributed by atoms with Gasteiger partial charge in [-0.3, -0.25) is 9.59 Å². The van der Waals surface area contributed by atoms with Crippen molar-refractivity contribution in [2.45, 2.75) is 12.0 Å². The second-order valence-corrected chi connectivity index (χ2v) is 8.46. The number of carbonyl (C=O) groups is 2. The van der Waals surface area contributed by atoms with Crippen molar-refractivity contribution in [3.63, 3.8) is 0 Å². The first kappa shape index (κ1) is 23.3. The molecule has 0 spiro atoms. The van der Waals surface area contributed by atoms with Gasteiger partial charge in [0.1, 0.15) is 5.75 Å². The lowest BCUT2D eigenvalue weighted by atomic mass is 9.79. The summed E-state index contributed by atoms with van der Waals surface area (Å²) < 4.78 is 27.0. The van der Waals surface area contributed by atoms with E-state index in [9.17, 15) is 9.59 Å². The van der Waals surface area contributed by atoms with Crippen LogP contribution < -0.4 is 29.0 Å². The SMILES string of the molecule is COc1ccc([C@H]2[C@@H](C(=O)Nc3ccc4c(c3)OCO4)c3cc(OC)c(OC)cc3C(=O)N2C)cc1. The highest BCUT2D eigenvalue weighted by Gasteiger charge is 2.43. The molecule has 2 aliphatic rings. The molecule has 5 rings (SSSR count). The van der Waals surface area contributed by atoms with Crippen LogP contribution in [0.25, 0.3) is 0 Å². The maximum atomic E-state index is 13.9. The first-order valence-electron chi connectivity index (χ1n) is 11.3. The standard InChI is InChI=1S/C27H26N2O7/c1-29-25(15-5-8-17(32-2)9-6-15)24(18-12-21(33-3)22(34-4)13-19(18)27(29)31)26(30)28-16-7-10-20-23(11-16)36-14-35-20/h5-13,24-25H,14H2,1-4H3,(H,28,30)/t24-,25-/m0/s1. The summed E-state index contributed by atoms with van der Waals surface area (Å²) in [6, 6.07) is 15.3. The van der Waals surface area contributed by atoms with Crippen LogP contribution in [0.1, 0.15) is 33.4 Å². The predicted octanol–water partition coefficient (Wildman–Crippen LogP) is 3.99. The van der Waals surface area contributed by atoms with E-state index in [2.05, 4.69) is 5.32 Å². The Morgan fingerprint density at radius 1 is 0.917 bits per heavy atom. The molecule has 0 radical (unpaired) electrons. The van der Waals surface area contributed by atoms with Gasteiger partial charge < -0.3 is 33.9 Å². The van der Waals surface area contributed by atoms with Gasteiger partial charge in [-0.1, -0.05) is 12.1 Å². The molecule has 9 nitrogen and oxygen atoms in total. The molecule has 36 heavy (non-hydrogen) atoms. The minimum Gasteiger partial charge on any atom is -0.497 e. The highest BCUT2D eigenvalue weighted by molar-refractivity contribution is 6.05. The lowest BCUT2D eigenvalue weighted by Crippen LogP contribution is -2.44. The fourth-order valence-corrected chi connectivity index (χ4v) is 4.74. The molecular formula is C27H26N2O7. The number of ether oxygens (including phenoxy) is 5. The fourth-order valence-electron chi connectivity index (χ4n) is 4.74. The fraction of sp³-hybridized carbons (Fsp3) is 0.259. The zero-order valence-corrected chi connectivity index (χ0v) is 20.4. The number of benzene rings is 3. The maximum Gasteiger partial charge on any atom is 0.254 e. The van der Waals surface area contributed by atoms with Crippen molar-refractivity contribution in [2.24, 2.45) is 0 Å². The number of rotatable bonds is 6. The number of likely N-dealkylation sites (N-methyl/N-ethyl adjacent to an activating group) is 1. The summed E-state index contributed by atoms with van der Waals surface area (Å²) >= 11 is 0. The Morgan fingerprint density at radius 3 is 2.31 bits per heavy atom. The van der Waals surface area contributed by atoms with Crippen molar-refractivity contribution in [3.8, 4) is 28.7 Å². The van der Waals surface area contributed by atoms with Gasteiger partial charge in [0, 0.05) is 24.4 Å². The average molecular weight is 491 g/mol. The molecule has 186 valence electrons. The van der Waals surface area contributed by atoms with E-state index >= 15 is 0 Å². The number of methoxy groups -OCH3 is 3. The van der Waals surface area contributed by atoms with E-state index < -0.39 is 12.0 Å². The third-order valence-electron chi connectivity index (χ3n) is 6.55. The molecule has 0 unspecified atom stereocenters. The molecule has 3 aromatic carbocycles. The van der Waals surface area contributed by atoms with Crippen molar-refractivity contribution in [1.29, 1.82) is 0 Å². The van der Waals surface area contributed by atoms with Gasteiger partial charge in [-0.2, -0.15) is 0 Å². The minimum atomic E-state index is -0.749. The molecule has 2 heterocycles. The second-order valence-electron chi connectivity index (χ2n) is 8.46. The summed E-state index contributed by atoms with van der Waals surface area (Å²) in [6.45, 7) is 0.136. The van der Waals surface area contributed by atoms with Crippen molar-refractivity contribution >= 4 is 17.5 Å². The van der Waals surface area contributed by atoms with E-state index in [1.807, 2.05) is 24.3 Å². The van der Waals surface area contributed by atoms with Crippen LogP contribution >= 0.6 is 0 Å². The van der Waals surface area contributed by atoms with Gasteiger partial charge in [0.05, 0.1) is 33.3 Å². The Hall–Kier alpha value is -4.40. The summed E-state index contributed by atoms with van der Waals surface area (Å²) in [5.74, 6) is 1.44. The third kappa shape index (κ3) is 3.92. The lowest BCUT2D eigenvalue weighted by molar-refractivity contribution is -0.119. The summed E-state index contributed by atoms with van der Waals surface area (Å²) in [5, 5.41) is 3.00. The number of nitrogens with one attached hydrogen (secondary N) is 1. The first-order chi connectivity index (χ1) is 17.4. The summed E-state index contributed by atoms with van der Waals surface area (Å²) in [5.41, 5.74) is 2.28. The Morgan fingerprint density at radius 2 is 1.61 bits per heavy atom. The minimum absolute atomic E-state index is 0.136. The van der Waals surface area contributed by atoms with Gasteiger partial charge in [0.15, 0.2) is 23.0 Å². The van der Waals surface area contributed by atoms with Gasteiger partial charge in [-0.05, 0) is 47.5 Å². The molecule has 3 aromatic rings. The van der Waals surface area contributed by atoms with Crippen LogP contribution in [0.3, 0.4) is 0 Å². The van der Waals surface area contributed by atoms with Crippen LogP contribution in [-0.4, -0.2) is 51.9 Å². The highest BCUT2D eigenvalue weighted by atomic mass is 16.7. The van der Waals surface area contributed by atoms with Gasteiger partial charge in [-0.25, -0.2) is 0 Å². The molecule has 2 amide bonds. The molecule has 0 aliphatic carbocycles. The van der Waals surface area contributed by atoms with E-state index in [1.165, 1.54) is 14.2 Å². The number of anilines is 1. The number of carbonyl (C=O) groups excluding carboxylic acids is 2. The maximum absolute atomic E-state index is 13.9. The molecule has 9 heteroatoms. The molecular weight excluding hydrogens is 464 g/mol. The van der Waals surface area contributed by atoms with Crippen molar-refractivity contribution in [2.75, 3.05) is 40.5 Å². The van der Waals surface area contributed by atoms with Gasteiger partial charge >= 0.3 is 0 Å². The topological polar surface area (TPSA) is 95.6 Å². The summed E-state index contributed by atoms with van der Waals surface area (Å²) in [7, 11) is 6.30.